The first kappa shape index (κ1) is 18.1. The van der Waals surface area contributed by atoms with E-state index < -0.39 is 11.9 Å². The average molecular weight is 320 g/mol. The molecule has 0 atom stereocenters. The largest absolute Gasteiger partial charge is 0.456 e. The fourth-order valence-corrected chi connectivity index (χ4v) is 2.29. The number of thioether (sulfide) groups is 1. The predicted molar refractivity (Wildman–Crippen MR) is 86.4 cm³/mol. The molecule has 0 fully saturated rings. The molecule has 0 aromatic heterocycles. The van der Waals surface area contributed by atoms with Crippen LogP contribution in [-0.4, -0.2) is 24.2 Å². The summed E-state index contributed by atoms with van der Waals surface area (Å²) in [7, 11) is 0. The number of anilines is 1. The van der Waals surface area contributed by atoms with Crippen LogP contribution in [-0.2, 0) is 14.3 Å². The maximum Gasteiger partial charge on any atom is 0.306 e. The molecule has 0 saturated heterocycles. The number of nitrogens with one attached hydrogen (secondary N) is 1. The van der Waals surface area contributed by atoms with E-state index in [4.69, 9.17) is 10.00 Å². The van der Waals surface area contributed by atoms with Crippen LogP contribution in [0.15, 0.2) is 29.2 Å². The number of ether oxygens (including phenoxy) is 1. The zero-order chi connectivity index (χ0) is 16.6. The lowest BCUT2D eigenvalue weighted by atomic mass is 9.93. The van der Waals surface area contributed by atoms with Crippen molar-refractivity contribution in [3.8, 4) is 6.07 Å². The van der Waals surface area contributed by atoms with Crippen LogP contribution >= 0.6 is 11.8 Å². The van der Waals surface area contributed by atoms with Crippen molar-refractivity contribution in [3.05, 3.63) is 24.3 Å². The van der Waals surface area contributed by atoms with E-state index >= 15 is 0 Å². The van der Waals surface area contributed by atoms with Crippen molar-refractivity contribution in [2.75, 3.05) is 17.7 Å². The Labute approximate surface area is 135 Å². The SMILES string of the molecule is CC(C)(C)CC(=O)OCC(=O)Nc1ccccc1SCC#N. The zero-order valence-corrected chi connectivity index (χ0v) is 13.8. The molecule has 0 radical (unpaired) electrons. The molecule has 0 aliphatic carbocycles. The summed E-state index contributed by atoms with van der Waals surface area (Å²) < 4.78 is 4.96. The fourth-order valence-electron chi connectivity index (χ4n) is 1.62. The van der Waals surface area contributed by atoms with E-state index in [1.807, 2.05) is 39.0 Å². The van der Waals surface area contributed by atoms with Gasteiger partial charge in [-0.25, -0.2) is 0 Å². The van der Waals surface area contributed by atoms with E-state index in [0.29, 0.717) is 11.4 Å². The topological polar surface area (TPSA) is 79.2 Å². The highest BCUT2D eigenvalue weighted by Gasteiger charge is 2.18. The number of benzene rings is 1. The molecule has 0 aliphatic rings. The van der Waals surface area contributed by atoms with E-state index in [0.717, 1.165) is 4.90 Å². The lowest BCUT2D eigenvalue weighted by Gasteiger charge is -2.16. The van der Waals surface area contributed by atoms with Gasteiger partial charge in [-0.15, -0.1) is 11.8 Å². The Balaban J connectivity index is 2.52. The Kier molecular flexibility index (Phi) is 6.93. The summed E-state index contributed by atoms with van der Waals surface area (Å²) >= 11 is 1.34. The molecular weight excluding hydrogens is 300 g/mol. The van der Waals surface area contributed by atoms with Gasteiger partial charge in [0.15, 0.2) is 6.61 Å². The molecule has 6 heteroatoms. The van der Waals surface area contributed by atoms with E-state index in [1.54, 1.807) is 12.1 Å². The van der Waals surface area contributed by atoms with Crippen LogP contribution in [0, 0.1) is 16.7 Å². The average Bonchev–Trinajstić information content (AvgIpc) is 2.42. The van der Waals surface area contributed by atoms with Gasteiger partial charge in [-0.1, -0.05) is 32.9 Å². The van der Waals surface area contributed by atoms with Crippen LogP contribution in [0.4, 0.5) is 5.69 Å². The van der Waals surface area contributed by atoms with Gasteiger partial charge in [-0.05, 0) is 17.5 Å². The standard InChI is InChI=1S/C16H20N2O3S/c1-16(2,3)10-15(20)21-11-14(19)18-12-6-4-5-7-13(12)22-9-8-17/h4-7H,9-11H2,1-3H3,(H,18,19). The van der Waals surface area contributed by atoms with Crippen LogP contribution in [0.3, 0.4) is 0 Å². The number of amides is 1. The third kappa shape index (κ3) is 7.14. The smallest absolute Gasteiger partial charge is 0.306 e. The Hall–Kier alpha value is -2.00. The van der Waals surface area contributed by atoms with Gasteiger partial charge in [0.1, 0.15) is 0 Å². The van der Waals surface area contributed by atoms with Gasteiger partial charge < -0.3 is 10.1 Å². The minimum atomic E-state index is -0.396. The van der Waals surface area contributed by atoms with Gasteiger partial charge in [-0.3, -0.25) is 9.59 Å². The third-order valence-electron chi connectivity index (χ3n) is 2.49. The Bertz CT molecular complexity index is 573. The van der Waals surface area contributed by atoms with Gasteiger partial charge in [0.2, 0.25) is 0 Å². The lowest BCUT2D eigenvalue weighted by molar-refractivity contribution is -0.149. The van der Waals surface area contributed by atoms with E-state index in [9.17, 15) is 9.59 Å². The second-order valence-electron chi connectivity index (χ2n) is 5.89. The summed E-state index contributed by atoms with van der Waals surface area (Å²) in [5.74, 6) is -0.491. The number of rotatable bonds is 6. The summed E-state index contributed by atoms with van der Waals surface area (Å²) in [5, 5.41) is 11.3. The quantitative estimate of drug-likeness (QED) is 0.643. The van der Waals surface area contributed by atoms with E-state index in [2.05, 4.69) is 5.32 Å². The minimum Gasteiger partial charge on any atom is -0.456 e. The molecule has 118 valence electrons. The fraction of sp³-hybridized carbons (Fsp3) is 0.438. The van der Waals surface area contributed by atoms with Crippen LogP contribution in [0.1, 0.15) is 27.2 Å². The van der Waals surface area contributed by atoms with Crippen molar-refractivity contribution >= 4 is 29.3 Å². The summed E-state index contributed by atoms with van der Waals surface area (Å²) in [6.07, 6.45) is 0.259. The second kappa shape index (κ2) is 8.44. The van der Waals surface area contributed by atoms with Crippen molar-refractivity contribution in [2.45, 2.75) is 32.1 Å². The molecule has 0 aliphatic heterocycles. The first-order valence-electron chi connectivity index (χ1n) is 6.86. The predicted octanol–water partition coefficient (Wildman–Crippen LogP) is 3.22. The number of esters is 1. The molecule has 0 heterocycles. The number of nitrogens with zero attached hydrogens (tertiary/aromatic N) is 1. The first-order chi connectivity index (χ1) is 10.3. The van der Waals surface area contributed by atoms with Crippen molar-refractivity contribution in [3.63, 3.8) is 0 Å². The Morgan fingerprint density at radius 3 is 2.64 bits per heavy atom. The highest BCUT2D eigenvalue weighted by molar-refractivity contribution is 7.99. The van der Waals surface area contributed by atoms with E-state index in [-0.39, 0.29) is 18.4 Å². The maximum atomic E-state index is 11.8. The molecule has 0 bridgehead atoms. The second-order valence-corrected chi connectivity index (χ2v) is 6.91. The molecule has 1 N–H and O–H groups in total. The molecule has 0 saturated carbocycles. The molecule has 0 spiro atoms. The molecule has 5 nitrogen and oxygen atoms in total. The van der Waals surface area contributed by atoms with Gasteiger partial charge in [0.25, 0.3) is 5.91 Å². The van der Waals surface area contributed by atoms with Crippen molar-refractivity contribution in [1.82, 2.24) is 0 Å². The summed E-state index contributed by atoms with van der Waals surface area (Å²) in [4.78, 5) is 24.2. The van der Waals surface area contributed by atoms with Gasteiger partial charge >= 0.3 is 5.97 Å². The summed E-state index contributed by atoms with van der Waals surface area (Å²) in [6, 6.07) is 9.23. The minimum absolute atomic E-state index is 0.173. The first-order valence-corrected chi connectivity index (χ1v) is 7.84. The third-order valence-corrected chi connectivity index (χ3v) is 3.43. The van der Waals surface area contributed by atoms with Gasteiger partial charge in [0, 0.05) is 4.90 Å². The highest BCUT2D eigenvalue weighted by Crippen LogP contribution is 2.26. The van der Waals surface area contributed by atoms with E-state index in [1.165, 1.54) is 11.8 Å². The Morgan fingerprint density at radius 2 is 2.00 bits per heavy atom. The molecule has 0 unspecified atom stereocenters. The van der Waals surface area contributed by atoms with Crippen LogP contribution < -0.4 is 5.32 Å². The molecule has 1 aromatic rings. The van der Waals surface area contributed by atoms with Gasteiger partial charge in [0.05, 0.1) is 23.9 Å². The summed E-state index contributed by atoms with van der Waals surface area (Å²) in [5.41, 5.74) is 0.438. The van der Waals surface area contributed by atoms with Crippen molar-refractivity contribution < 1.29 is 14.3 Å². The number of nitriles is 1. The van der Waals surface area contributed by atoms with Crippen LogP contribution in [0.2, 0.25) is 0 Å². The molecule has 1 amide bonds. The highest BCUT2D eigenvalue weighted by atomic mass is 32.2. The number of hydrogen-bond acceptors (Lipinski definition) is 5. The number of carbonyl (C=O) groups is 2. The van der Waals surface area contributed by atoms with Crippen LogP contribution in [0.5, 0.6) is 0 Å². The van der Waals surface area contributed by atoms with Crippen molar-refractivity contribution in [2.24, 2.45) is 5.41 Å². The Morgan fingerprint density at radius 1 is 1.32 bits per heavy atom. The van der Waals surface area contributed by atoms with Crippen LogP contribution in [0.25, 0.3) is 0 Å². The summed E-state index contributed by atoms with van der Waals surface area (Å²) in [6.45, 7) is 5.47. The maximum absolute atomic E-state index is 11.8. The van der Waals surface area contributed by atoms with Crippen molar-refractivity contribution in [1.29, 1.82) is 5.26 Å². The lowest BCUT2D eigenvalue weighted by Crippen LogP contribution is -2.23. The van der Waals surface area contributed by atoms with Gasteiger partial charge in [-0.2, -0.15) is 5.26 Å². The number of carbonyl (C=O) groups excluding carboxylic acids is 2. The molecule has 1 rings (SSSR count). The zero-order valence-electron chi connectivity index (χ0n) is 13.0. The molecular formula is C16H20N2O3S. The number of hydrogen-bond donors (Lipinski definition) is 1. The molecule has 22 heavy (non-hydrogen) atoms. The monoisotopic (exact) mass is 320 g/mol. The normalized spacial score (nSPS) is 10.6. The number of para-hydroxylation sites is 1. The molecule has 1 aromatic carbocycles.